The molecule has 1 aliphatic rings. The third-order valence-corrected chi connectivity index (χ3v) is 5.97. The first kappa shape index (κ1) is 14.5. The molecule has 3 aromatic rings. The predicted molar refractivity (Wildman–Crippen MR) is 94.4 cm³/mol. The predicted octanol–water partition coefficient (Wildman–Crippen LogP) is 3.99. The average molecular weight is 322 g/mol. The van der Waals surface area contributed by atoms with Crippen LogP contribution >= 0.6 is 11.3 Å². The van der Waals surface area contributed by atoms with Crippen LogP contribution in [0.3, 0.4) is 0 Å². The van der Waals surface area contributed by atoms with E-state index in [2.05, 4.69) is 49.3 Å². The highest BCUT2D eigenvalue weighted by Crippen LogP contribution is 2.45. The number of aromatic nitrogens is 3. The molecule has 0 spiro atoms. The topological polar surface area (TPSA) is 51.0 Å². The van der Waals surface area contributed by atoms with Gasteiger partial charge in [-0.3, -0.25) is 4.99 Å². The van der Waals surface area contributed by atoms with Crippen molar-refractivity contribution >= 4 is 28.1 Å². The van der Waals surface area contributed by atoms with E-state index in [1.165, 1.54) is 5.56 Å². The zero-order chi connectivity index (χ0) is 16.2. The first-order chi connectivity index (χ1) is 10.9. The van der Waals surface area contributed by atoms with Crippen LogP contribution in [0.1, 0.15) is 44.0 Å². The Bertz CT molecular complexity index is 937. The molecular formula is C18H18N4S. The van der Waals surface area contributed by atoms with Gasteiger partial charge in [0.25, 0.3) is 0 Å². The molecule has 0 unspecified atom stereocenters. The summed E-state index contributed by atoms with van der Waals surface area (Å²) in [5.41, 5.74) is 3.56. The average Bonchev–Trinajstić information content (AvgIpc) is 3.01. The first-order valence-corrected chi connectivity index (χ1v) is 8.56. The van der Waals surface area contributed by atoms with Crippen molar-refractivity contribution in [2.24, 2.45) is 4.99 Å². The third kappa shape index (κ3) is 2.03. The second-order valence-electron chi connectivity index (χ2n) is 6.93. The van der Waals surface area contributed by atoms with Gasteiger partial charge in [0.1, 0.15) is 11.2 Å². The van der Waals surface area contributed by atoms with E-state index < -0.39 is 0 Å². The van der Waals surface area contributed by atoms with Gasteiger partial charge in [-0.1, -0.05) is 26.0 Å². The van der Waals surface area contributed by atoms with Gasteiger partial charge in [-0.15, -0.1) is 21.5 Å². The molecule has 0 saturated heterocycles. The second-order valence-corrected chi connectivity index (χ2v) is 7.85. The van der Waals surface area contributed by atoms with Gasteiger partial charge < -0.3 is 0 Å². The van der Waals surface area contributed by atoms with Gasteiger partial charge in [0.2, 0.25) is 5.82 Å². The molecule has 1 aliphatic heterocycles. The molecule has 0 fully saturated rings. The van der Waals surface area contributed by atoms with E-state index >= 15 is 0 Å². The minimum Gasteiger partial charge on any atom is -0.273 e. The fraction of sp³-hybridized carbons (Fsp3) is 0.333. The van der Waals surface area contributed by atoms with E-state index in [4.69, 9.17) is 9.98 Å². The van der Waals surface area contributed by atoms with Crippen LogP contribution in [-0.2, 0) is 5.41 Å². The molecule has 2 aromatic heterocycles. The van der Waals surface area contributed by atoms with Crippen molar-refractivity contribution in [3.63, 3.8) is 0 Å². The summed E-state index contributed by atoms with van der Waals surface area (Å²) in [7, 11) is 0. The summed E-state index contributed by atoms with van der Waals surface area (Å²) in [6, 6.07) is 9.99. The molecule has 0 radical (unpaired) electrons. The van der Waals surface area contributed by atoms with Gasteiger partial charge in [0, 0.05) is 5.41 Å². The number of aliphatic imine (C=N–C) groups is 1. The molecule has 5 heteroatoms. The van der Waals surface area contributed by atoms with Crippen molar-refractivity contribution in [1.29, 1.82) is 0 Å². The van der Waals surface area contributed by atoms with Crippen molar-refractivity contribution in [3.05, 3.63) is 52.0 Å². The lowest BCUT2D eigenvalue weighted by Gasteiger charge is -2.42. The summed E-state index contributed by atoms with van der Waals surface area (Å²) < 4.78 is 0. The summed E-state index contributed by atoms with van der Waals surface area (Å²) in [5, 5.41) is 10.8. The molecule has 4 rings (SSSR count). The summed E-state index contributed by atoms with van der Waals surface area (Å²) in [6.07, 6.45) is 0. The molecule has 0 amide bonds. The normalized spacial score (nSPS) is 18.5. The number of benzene rings is 1. The summed E-state index contributed by atoms with van der Waals surface area (Å²) in [5.74, 6) is 0.607. The minimum absolute atomic E-state index is 0.0316. The van der Waals surface area contributed by atoms with Crippen LogP contribution in [0.2, 0.25) is 0 Å². The molecule has 0 aliphatic carbocycles. The number of hydrogen-bond donors (Lipinski definition) is 0. The molecule has 3 heterocycles. The van der Waals surface area contributed by atoms with Crippen LogP contribution < -0.4 is 0 Å². The molecule has 23 heavy (non-hydrogen) atoms. The van der Waals surface area contributed by atoms with Gasteiger partial charge in [-0.25, -0.2) is 4.98 Å². The van der Waals surface area contributed by atoms with E-state index in [0.717, 1.165) is 21.6 Å². The van der Waals surface area contributed by atoms with E-state index in [1.54, 1.807) is 11.3 Å². The first-order valence-electron chi connectivity index (χ1n) is 7.68. The van der Waals surface area contributed by atoms with Crippen molar-refractivity contribution < 1.29 is 0 Å². The Labute approximate surface area is 139 Å². The van der Waals surface area contributed by atoms with Crippen LogP contribution in [0.4, 0.5) is 0 Å². The smallest absolute Gasteiger partial charge is 0.202 e. The van der Waals surface area contributed by atoms with Crippen LogP contribution in [0.15, 0.2) is 40.7 Å². The lowest BCUT2D eigenvalue weighted by molar-refractivity contribution is 0.304. The fourth-order valence-electron chi connectivity index (χ4n) is 2.92. The summed E-state index contributed by atoms with van der Waals surface area (Å²) in [6.45, 7) is 8.83. The molecule has 0 saturated carbocycles. The molecule has 0 N–H and O–H groups in total. The largest absolute Gasteiger partial charge is 0.273 e. The number of nitrogens with zero attached hydrogens (tertiary/aromatic N) is 4. The molecule has 1 aromatic carbocycles. The highest BCUT2D eigenvalue weighted by atomic mass is 32.1. The number of rotatable bonds is 1. The zero-order valence-electron chi connectivity index (χ0n) is 13.7. The maximum absolute atomic E-state index is 5.02. The van der Waals surface area contributed by atoms with Crippen LogP contribution in [-0.4, -0.2) is 26.4 Å². The Balaban J connectivity index is 1.95. The van der Waals surface area contributed by atoms with Gasteiger partial charge in [0.15, 0.2) is 0 Å². The molecular weight excluding hydrogens is 304 g/mol. The van der Waals surface area contributed by atoms with Crippen LogP contribution in [0, 0.1) is 0 Å². The van der Waals surface area contributed by atoms with E-state index in [9.17, 15) is 0 Å². The number of hydrogen-bond acceptors (Lipinski definition) is 5. The molecule has 4 nitrogen and oxygen atoms in total. The molecule has 0 atom stereocenters. The van der Waals surface area contributed by atoms with Crippen molar-refractivity contribution in [2.45, 2.75) is 38.6 Å². The lowest BCUT2D eigenvalue weighted by atomic mass is 9.68. The van der Waals surface area contributed by atoms with Gasteiger partial charge in [-0.05, 0) is 43.0 Å². The van der Waals surface area contributed by atoms with Crippen LogP contribution in [0.25, 0.3) is 11.0 Å². The summed E-state index contributed by atoms with van der Waals surface area (Å²) >= 11 is 1.70. The van der Waals surface area contributed by atoms with Gasteiger partial charge in [-0.2, -0.15) is 0 Å². The monoisotopic (exact) mass is 322 g/mol. The maximum atomic E-state index is 5.02. The highest BCUT2D eigenvalue weighted by molar-refractivity contribution is 7.12. The van der Waals surface area contributed by atoms with Crippen molar-refractivity contribution in [3.8, 4) is 0 Å². The van der Waals surface area contributed by atoms with Gasteiger partial charge >= 0.3 is 0 Å². The maximum Gasteiger partial charge on any atom is 0.202 e. The minimum atomic E-state index is -0.231. The highest BCUT2D eigenvalue weighted by Gasteiger charge is 2.45. The Morgan fingerprint density at radius 3 is 2.43 bits per heavy atom. The Kier molecular flexibility index (Phi) is 2.94. The Morgan fingerprint density at radius 1 is 0.913 bits per heavy atom. The number of para-hydroxylation sites is 1. The van der Waals surface area contributed by atoms with E-state index in [0.29, 0.717) is 5.82 Å². The Morgan fingerprint density at radius 2 is 1.65 bits per heavy atom. The fourth-order valence-corrected chi connectivity index (χ4v) is 3.96. The van der Waals surface area contributed by atoms with Crippen molar-refractivity contribution in [1.82, 2.24) is 15.2 Å². The standard InChI is InChI=1S/C18H18N4S/c1-17(2)11-9-10-23-15(11)14(20-18(17,3)4)16-19-12-7-5-6-8-13(12)21-22-16/h5-10H,1-4H3. The van der Waals surface area contributed by atoms with Crippen molar-refractivity contribution in [2.75, 3.05) is 0 Å². The summed E-state index contributed by atoms with van der Waals surface area (Å²) in [4.78, 5) is 10.9. The zero-order valence-corrected chi connectivity index (χ0v) is 14.5. The second kappa shape index (κ2) is 4.68. The van der Waals surface area contributed by atoms with Gasteiger partial charge in [0.05, 0.1) is 15.9 Å². The number of fused-ring (bicyclic) bond motifs is 2. The van der Waals surface area contributed by atoms with E-state index in [1.807, 2.05) is 24.3 Å². The van der Waals surface area contributed by atoms with E-state index in [-0.39, 0.29) is 11.0 Å². The Hall–Kier alpha value is -2.14. The lowest BCUT2D eigenvalue weighted by Crippen LogP contribution is -2.45. The third-order valence-electron chi connectivity index (χ3n) is 5.05. The molecule has 0 bridgehead atoms. The number of thiophene rings is 1. The molecule has 116 valence electrons. The van der Waals surface area contributed by atoms with Crippen LogP contribution in [0.5, 0.6) is 0 Å². The quantitative estimate of drug-likeness (QED) is 0.680. The SMILES string of the molecule is CC1(C)N=C(c2nnc3ccccc3n2)c2sccc2C1(C)C.